The van der Waals surface area contributed by atoms with E-state index in [-0.39, 0.29) is 11.9 Å². The SMILES string of the molecule is O=C(NC1CCN(CCC(O)c2ccccc2)CC1)c1ccccc1. The number of benzene rings is 2. The lowest BCUT2D eigenvalue weighted by Crippen LogP contribution is -2.45. The van der Waals surface area contributed by atoms with E-state index in [0.717, 1.165) is 50.0 Å². The zero-order chi connectivity index (χ0) is 17.5. The Balaban J connectivity index is 1.39. The van der Waals surface area contributed by atoms with Crippen LogP contribution in [-0.2, 0) is 0 Å². The van der Waals surface area contributed by atoms with Gasteiger partial charge in [-0.25, -0.2) is 0 Å². The number of nitrogens with one attached hydrogen (secondary N) is 1. The predicted octanol–water partition coefficient (Wildman–Crippen LogP) is 3.00. The van der Waals surface area contributed by atoms with Crippen LogP contribution in [-0.4, -0.2) is 41.6 Å². The molecule has 4 heteroatoms. The number of amides is 1. The number of likely N-dealkylation sites (tertiary alicyclic amines) is 1. The second-order valence-electron chi connectivity index (χ2n) is 6.67. The number of rotatable bonds is 6. The molecular weight excluding hydrogens is 312 g/mol. The summed E-state index contributed by atoms with van der Waals surface area (Å²) < 4.78 is 0. The van der Waals surface area contributed by atoms with Gasteiger partial charge in [0, 0.05) is 31.2 Å². The third kappa shape index (κ3) is 5.15. The highest BCUT2D eigenvalue weighted by Crippen LogP contribution is 2.18. The smallest absolute Gasteiger partial charge is 0.251 e. The van der Waals surface area contributed by atoms with Crippen molar-refractivity contribution in [2.45, 2.75) is 31.4 Å². The first-order valence-corrected chi connectivity index (χ1v) is 9.03. The second kappa shape index (κ2) is 8.79. The van der Waals surface area contributed by atoms with Gasteiger partial charge in [-0.2, -0.15) is 0 Å². The highest BCUT2D eigenvalue weighted by Gasteiger charge is 2.21. The minimum absolute atomic E-state index is 0.0125. The van der Waals surface area contributed by atoms with Crippen LogP contribution >= 0.6 is 0 Å². The van der Waals surface area contributed by atoms with Crippen molar-refractivity contribution < 1.29 is 9.90 Å². The first-order chi connectivity index (χ1) is 12.2. The van der Waals surface area contributed by atoms with Crippen LogP contribution in [0.4, 0.5) is 0 Å². The third-order valence-electron chi connectivity index (χ3n) is 4.86. The molecule has 1 saturated heterocycles. The standard InChI is InChI=1S/C21H26N2O2/c24-20(17-7-3-1-4-8-17)13-16-23-14-11-19(12-15-23)22-21(25)18-9-5-2-6-10-18/h1-10,19-20,24H,11-16H2,(H,22,25). The van der Waals surface area contributed by atoms with E-state index in [4.69, 9.17) is 0 Å². The number of hydrogen-bond donors (Lipinski definition) is 2. The largest absolute Gasteiger partial charge is 0.388 e. The molecule has 1 fully saturated rings. The molecule has 1 amide bonds. The number of carbonyl (C=O) groups excluding carboxylic acids is 1. The lowest BCUT2D eigenvalue weighted by Gasteiger charge is -2.32. The number of nitrogens with zero attached hydrogens (tertiary/aromatic N) is 1. The maximum Gasteiger partial charge on any atom is 0.251 e. The van der Waals surface area contributed by atoms with Gasteiger partial charge in [0.1, 0.15) is 0 Å². The fourth-order valence-electron chi connectivity index (χ4n) is 3.31. The van der Waals surface area contributed by atoms with E-state index in [1.165, 1.54) is 0 Å². The Morgan fingerprint density at radius 1 is 1.04 bits per heavy atom. The van der Waals surface area contributed by atoms with Crippen molar-refractivity contribution in [3.8, 4) is 0 Å². The van der Waals surface area contributed by atoms with E-state index in [0.29, 0.717) is 0 Å². The lowest BCUT2D eigenvalue weighted by molar-refractivity contribution is 0.0900. The molecule has 0 bridgehead atoms. The first kappa shape index (κ1) is 17.6. The van der Waals surface area contributed by atoms with Crippen molar-refractivity contribution in [3.05, 3.63) is 71.8 Å². The quantitative estimate of drug-likeness (QED) is 0.851. The molecule has 3 rings (SSSR count). The summed E-state index contributed by atoms with van der Waals surface area (Å²) in [4.78, 5) is 14.6. The van der Waals surface area contributed by atoms with Crippen molar-refractivity contribution in [3.63, 3.8) is 0 Å². The number of carbonyl (C=O) groups is 1. The topological polar surface area (TPSA) is 52.6 Å². The molecule has 1 unspecified atom stereocenters. The molecule has 4 nitrogen and oxygen atoms in total. The summed E-state index contributed by atoms with van der Waals surface area (Å²) in [5, 5.41) is 13.4. The van der Waals surface area contributed by atoms with Gasteiger partial charge in [0.25, 0.3) is 5.91 Å². The molecule has 1 aliphatic rings. The van der Waals surface area contributed by atoms with Gasteiger partial charge >= 0.3 is 0 Å². The van der Waals surface area contributed by atoms with Gasteiger partial charge in [0.05, 0.1) is 6.10 Å². The van der Waals surface area contributed by atoms with Gasteiger partial charge in [-0.05, 0) is 37.0 Å². The van der Waals surface area contributed by atoms with Crippen molar-refractivity contribution in [1.82, 2.24) is 10.2 Å². The summed E-state index contributed by atoms with van der Waals surface area (Å²) in [6.45, 7) is 2.80. The summed E-state index contributed by atoms with van der Waals surface area (Å²) in [5.41, 5.74) is 1.70. The van der Waals surface area contributed by atoms with Gasteiger partial charge in [-0.3, -0.25) is 4.79 Å². The van der Waals surface area contributed by atoms with E-state index >= 15 is 0 Å². The molecule has 1 heterocycles. The molecule has 2 aromatic carbocycles. The van der Waals surface area contributed by atoms with E-state index in [9.17, 15) is 9.90 Å². The van der Waals surface area contributed by atoms with Crippen molar-refractivity contribution in [2.24, 2.45) is 0 Å². The highest BCUT2D eigenvalue weighted by atomic mass is 16.3. The minimum Gasteiger partial charge on any atom is -0.388 e. The van der Waals surface area contributed by atoms with Crippen molar-refractivity contribution in [2.75, 3.05) is 19.6 Å². The van der Waals surface area contributed by atoms with Gasteiger partial charge in [-0.1, -0.05) is 48.5 Å². The summed E-state index contributed by atoms with van der Waals surface area (Å²) in [7, 11) is 0. The lowest BCUT2D eigenvalue weighted by atomic mass is 10.0. The molecule has 2 N–H and O–H groups in total. The molecular formula is C21H26N2O2. The van der Waals surface area contributed by atoms with Crippen molar-refractivity contribution >= 4 is 5.91 Å². The molecule has 132 valence electrons. The Morgan fingerprint density at radius 3 is 2.28 bits per heavy atom. The van der Waals surface area contributed by atoms with E-state index in [1.807, 2.05) is 60.7 Å². The Labute approximate surface area is 149 Å². The van der Waals surface area contributed by atoms with Gasteiger partial charge in [-0.15, -0.1) is 0 Å². The van der Waals surface area contributed by atoms with Gasteiger partial charge < -0.3 is 15.3 Å². The molecule has 1 aliphatic heterocycles. The fourth-order valence-corrected chi connectivity index (χ4v) is 3.31. The van der Waals surface area contributed by atoms with Crippen molar-refractivity contribution in [1.29, 1.82) is 0 Å². The normalized spacial score (nSPS) is 17.2. The molecule has 1 atom stereocenters. The summed E-state index contributed by atoms with van der Waals surface area (Å²) in [6, 6.07) is 19.4. The van der Waals surface area contributed by atoms with E-state index in [1.54, 1.807) is 0 Å². The van der Waals surface area contributed by atoms with Crippen LogP contribution in [0.5, 0.6) is 0 Å². The molecule has 0 aromatic heterocycles. The van der Waals surface area contributed by atoms with Crippen LogP contribution in [0.2, 0.25) is 0 Å². The van der Waals surface area contributed by atoms with Crippen LogP contribution in [0.3, 0.4) is 0 Å². The Morgan fingerprint density at radius 2 is 1.64 bits per heavy atom. The molecule has 0 saturated carbocycles. The number of hydrogen-bond acceptors (Lipinski definition) is 3. The predicted molar refractivity (Wildman–Crippen MR) is 99.4 cm³/mol. The second-order valence-corrected chi connectivity index (χ2v) is 6.67. The van der Waals surface area contributed by atoms with Crippen LogP contribution in [0.1, 0.15) is 41.3 Å². The summed E-state index contributed by atoms with van der Waals surface area (Å²) in [6.07, 6.45) is 2.25. The zero-order valence-electron chi connectivity index (χ0n) is 14.5. The number of aliphatic hydroxyl groups is 1. The van der Waals surface area contributed by atoms with Gasteiger partial charge in [0.15, 0.2) is 0 Å². The number of aliphatic hydroxyl groups excluding tert-OH is 1. The van der Waals surface area contributed by atoms with Crippen LogP contribution in [0.25, 0.3) is 0 Å². The summed E-state index contributed by atoms with van der Waals surface area (Å²) in [5.74, 6) is 0.0125. The Bertz CT molecular complexity index is 652. The maximum absolute atomic E-state index is 12.2. The molecule has 0 radical (unpaired) electrons. The molecule has 0 spiro atoms. The third-order valence-corrected chi connectivity index (χ3v) is 4.86. The van der Waals surface area contributed by atoms with Crippen LogP contribution in [0.15, 0.2) is 60.7 Å². The fraction of sp³-hybridized carbons (Fsp3) is 0.381. The van der Waals surface area contributed by atoms with Crippen LogP contribution in [0, 0.1) is 0 Å². The monoisotopic (exact) mass is 338 g/mol. The van der Waals surface area contributed by atoms with Crippen LogP contribution < -0.4 is 5.32 Å². The molecule has 0 aliphatic carbocycles. The van der Waals surface area contributed by atoms with E-state index in [2.05, 4.69) is 10.2 Å². The van der Waals surface area contributed by atoms with E-state index < -0.39 is 6.10 Å². The average Bonchev–Trinajstić information content (AvgIpc) is 2.68. The number of piperidine rings is 1. The average molecular weight is 338 g/mol. The zero-order valence-corrected chi connectivity index (χ0v) is 14.5. The highest BCUT2D eigenvalue weighted by molar-refractivity contribution is 5.94. The molecule has 25 heavy (non-hydrogen) atoms. The Kier molecular flexibility index (Phi) is 6.20. The summed E-state index contributed by atoms with van der Waals surface area (Å²) >= 11 is 0. The van der Waals surface area contributed by atoms with Gasteiger partial charge in [0.2, 0.25) is 0 Å². The maximum atomic E-state index is 12.2. The minimum atomic E-state index is -0.406. The Hall–Kier alpha value is -2.17. The first-order valence-electron chi connectivity index (χ1n) is 9.03. The molecule has 2 aromatic rings.